The zero-order valence-corrected chi connectivity index (χ0v) is 25.4. The highest BCUT2D eigenvalue weighted by Crippen LogP contribution is 2.27. The monoisotopic (exact) mass is 619 g/mol. The highest BCUT2D eigenvalue weighted by Gasteiger charge is 2.36. The molecular formula is C34H35F2N3O4S. The second kappa shape index (κ2) is 14.7. The summed E-state index contributed by atoms with van der Waals surface area (Å²) < 4.78 is 58.6. The lowest BCUT2D eigenvalue weighted by Crippen LogP contribution is -2.54. The largest absolute Gasteiger partial charge is 0.352 e. The highest BCUT2D eigenvalue weighted by atomic mass is 32.2. The average molecular weight is 620 g/mol. The summed E-state index contributed by atoms with van der Waals surface area (Å²) in [5, 5.41) is 2.92. The molecule has 0 saturated carbocycles. The molecule has 4 rings (SSSR count). The molecule has 0 aliphatic rings. The number of benzene rings is 4. The lowest BCUT2D eigenvalue weighted by atomic mass is 10.0. The Hall–Kier alpha value is -4.57. The number of halogens is 2. The van der Waals surface area contributed by atoms with Gasteiger partial charge >= 0.3 is 0 Å². The minimum atomic E-state index is -4.44. The zero-order valence-electron chi connectivity index (χ0n) is 24.6. The van der Waals surface area contributed by atoms with Crippen LogP contribution in [0.1, 0.15) is 31.4 Å². The molecule has 0 spiro atoms. The van der Waals surface area contributed by atoms with Crippen molar-refractivity contribution in [1.29, 1.82) is 0 Å². The van der Waals surface area contributed by atoms with Crippen molar-refractivity contribution >= 4 is 27.5 Å². The number of nitrogens with one attached hydrogen (secondary N) is 1. The predicted molar refractivity (Wildman–Crippen MR) is 166 cm³/mol. The molecule has 0 bridgehead atoms. The minimum absolute atomic E-state index is 0.0778. The number of hydrogen-bond acceptors (Lipinski definition) is 4. The van der Waals surface area contributed by atoms with Gasteiger partial charge in [-0.05, 0) is 49.2 Å². The first kappa shape index (κ1) is 32.3. The van der Waals surface area contributed by atoms with Gasteiger partial charge in [0.2, 0.25) is 11.8 Å². The number of para-hydroxylation sites is 1. The van der Waals surface area contributed by atoms with Crippen molar-refractivity contribution in [3.63, 3.8) is 0 Å². The number of amides is 2. The van der Waals surface area contributed by atoms with Crippen molar-refractivity contribution in [3.8, 4) is 0 Å². The van der Waals surface area contributed by atoms with E-state index in [4.69, 9.17) is 0 Å². The van der Waals surface area contributed by atoms with Gasteiger partial charge in [0.15, 0.2) is 0 Å². The van der Waals surface area contributed by atoms with Crippen LogP contribution in [0.4, 0.5) is 14.5 Å². The molecule has 7 nitrogen and oxygen atoms in total. The third-order valence-corrected chi connectivity index (χ3v) is 9.08. The van der Waals surface area contributed by atoms with Gasteiger partial charge < -0.3 is 10.2 Å². The van der Waals surface area contributed by atoms with Crippen LogP contribution in [0.3, 0.4) is 0 Å². The summed E-state index contributed by atoms with van der Waals surface area (Å²) in [6.07, 6.45) is 0.704. The maximum Gasteiger partial charge on any atom is 0.264 e. The van der Waals surface area contributed by atoms with Crippen LogP contribution < -0.4 is 9.62 Å². The molecule has 0 unspecified atom stereocenters. The van der Waals surface area contributed by atoms with Crippen LogP contribution in [0.15, 0.2) is 114 Å². The quantitative estimate of drug-likeness (QED) is 0.208. The Morgan fingerprint density at radius 2 is 1.36 bits per heavy atom. The standard InChI is InChI=1S/C34H35F2N3O4S/c1-3-25(2)37-34(41)32(22-26-14-6-4-7-15-26)38(23-27-16-10-11-19-29(27)35)33(40)24-39(31-21-13-12-20-30(31)36)44(42,43)28-17-8-5-9-18-28/h4-21,25,32H,3,22-24H2,1-2H3,(H,37,41)/t25-,32+/m0/s1. The summed E-state index contributed by atoms with van der Waals surface area (Å²) in [7, 11) is -4.44. The van der Waals surface area contributed by atoms with E-state index in [2.05, 4.69) is 5.32 Å². The lowest BCUT2D eigenvalue weighted by molar-refractivity contribution is -0.140. The summed E-state index contributed by atoms with van der Waals surface area (Å²) in [5.74, 6) is -2.72. The van der Waals surface area contributed by atoms with E-state index < -0.39 is 46.1 Å². The smallest absolute Gasteiger partial charge is 0.264 e. The van der Waals surface area contributed by atoms with Crippen molar-refractivity contribution in [2.45, 2.75) is 50.2 Å². The Balaban J connectivity index is 1.82. The number of rotatable bonds is 13. The van der Waals surface area contributed by atoms with Crippen molar-refractivity contribution in [2.24, 2.45) is 0 Å². The summed E-state index contributed by atoms with van der Waals surface area (Å²) in [4.78, 5) is 29.1. The fourth-order valence-electron chi connectivity index (χ4n) is 4.69. The van der Waals surface area contributed by atoms with Crippen LogP contribution in [-0.2, 0) is 32.6 Å². The van der Waals surface area contributed by atoms with E-state index >= 15 is 4.39 Å². The predicted octanol–water partition coefficient (Wildman–Crippen LogP) is 5.71. The Bertz CT molecular complexity index is 1670. The molecule has 0 aromatic heterocycles. The molecule has 2 amide bonds. The van der Waals surface area contributed by atoms with Crippen LogP contribution in [0.25, 0.3) is 0 Å². The van der Waals surface area contributed by atoms with Gasteiger partial charge in [0.25, 0.3) is 10.0 Å². The molecule has 0 aliphatic carbocycles. The van der Waals surface area contributed by atoms with E-state index in [-0.39, 0.29) is 35.2 Å². The molecule has 4 aromatic rings. The Morgan fingerprint density at radius 3 is 1.98 bits per heavy atom. The van der Waals surface area contributed by atoms with Gasteiger partial charge in [-0.15, -0.1) is 0 Å². The van der Waals surface area contributed by atoms with Gasteiger partial charge in [0, 0.05) is 24.6 Å². The molecule has 0 aliphatic heterocycles. The van der Waals surface area contributed by atoms with Gasteiger partial charge in [0.05, 0.1) is 10.6 Å². The summed E-state index contributed by atoms with van der Waals surface area (Å²) in [6, 6.07) is 26.1. The Morgan fingerprint density at radius 1 is 0.795 bits per heavy atom. The van der Waals surface area contributed by atoms with E-state index in [1.165, 1.54) is 65.6 Å². The maximum atomic E-state index is 15.1. The van der Waals surface area contributed by atoms with E-state index in [9.17, 15) is 22.4 Å². The first-order valence-corrected chi connectivity index (χ1v) is 15.7. The van der Waals surface area contributed by atoms with Gasteiger partial charge in [-0.3, -0.25) is 13.9 Å². The molecule has 0 heterocycles. The molecule has 2 atom stereocenters. The van der Waals surface area contributed by atoms with Gasteiger partial charge in [-0.2, -0.15) is 0 Å². The van der Waals surface area contributed by atoms with E-state index in [1.807, 2.05) is 19.9 Å². The minimum Gasteiger partial charge on any atom is -0.352 e. The molecule has 0 saturated heterocycles. The first-order chi connectivity index (χ1) is 21.1. The molecule has 44 heavy (non-hydrogen) atoms. The van der Waals surface area contributed by atoms with Crippen LogP contribution in [-0.4, -0.2) is 43.8 Å². The maximum absolute atomic E-state index is 15.1. The summed E-state index contributed by atoms with van der Waals surface area (Å²) in [6.45, 7) is 2.56. The van der Waals surface area contributed by atoms with Crippen molar-refractivity contribution in [2.75, 3.05) is 10.8 Å². The van der Waals surface area contributed by atoms with Crippen molar-refractivity contribution < 1.29 is 26.8 Å². The fourth-order valence-corrected chi connectivity index (χ4v) is 6.14. The van der Waals surface area contributed by atoms with Crippen molar-refractivity contribution in [1.82, 2.24) is 10.2 Å². The van der Waals surface area contributed by atoms with E-state index in [0.717, 1.165) is 11.6 Å². The highest BCUT2D eigenvalue weighted by molar-refractivity contribution is 7.92. The number of hydrogen-bond donors (Lipinski definition) is 1. The van der Waals surface area contributed by atoms with Crippen LogP contribution in [0, 0.1) is 11.6 Å². The molecule has 10 heteroatoms. The third kappa shape index (κ3) is 7.87. The average Bonchev–Trinajstić information content (AvgIpc) is 3.03. The number of carbonyl (C=O) groups is 2. The Labute approximate surface area is 257 Å². The van der Waals surface area contributed by atoms with Gasteiger partial charge in [0.1, 0.15) is 24.2 Å². The molecule has 0 fully saturated rings. The second-order valence-electron chi connectivity index (χ2n) is 10.4. The van der Waals surface area contributed by atoms with E-state index in [0.29, 0.717) is 10.7 Å². The second-order valence-corrected chi connectivity index (χ2v) is 12.3. The molecule has 1 N–H and O–H groups in total. The third-order valence-electron chi connectivity index (χ3n) is 7.30. The normalized spacial score (nSPS) is 12.6. The summed E-state index contributed by atoms with van der Waals surface area (Å²) in [5.41, 5.74) is 0.545. The van der Waals surface area contributed by atoms with Crippen LogP contribution in [0.2, 0.25) is 0 Å². The SMILES string of the molecule is CC[C@H](C)NC(=O)[C@@H](Cc1ccccc1)N(Cc1ccccc1F)C(=O)CN(c1ccccc1F)S(=O)(=O)c1ccccc1. The Kier molecular flexibility index (Phi) is 10.8. The molecule has 4 aromatic carbocycles. The molecule has 230 valence electrons. The van der Waals surface area contributed by atoms with Gasteiger partial charge in [-0.1, -0.05) is 85.8 Å². The van der Waals surface area contributed by atoms with Crippen LogP contribution >= 0.6 is 0 Å². The number of sulfonamides is 1. The fraction of sp³-hybridized carbons (Fsp3) is 0.235. The number of carbonyl (C=O) groups excluding carboxylic acids is 2. The first-order valence-electron chi connectivity index (χ1n) is 14.3. The molecule has 0 radical (unpaired) electrons. The number of anilines is 1. The van der Waals surface area contributed by atoms with Gasteiger partial charge in [-0.25, -0.2) is 17.2 Å². The van der Waals surface area contributed by atoms with E-state index in [1.54, 1.807) is 36.4 Å². The molecular weight excluding hydrogens is 584 g/mol. The summed E-state index contributed by atoms with van der Waals surface area (Å²) >= 11 is 0. The topological polar surface area (TPSA) is 86.8 Å². The zero-order chi connectivity index (χ0) is 31.7. The number of nitrogens with zero attached hydrogens (tertiary/aromatic N) is 2. The van der Waals surface area contributed by atoms with Crippen molar-refractivity contribution in [3.05, 3.63) is 132 Å². The van der Waals surface area contributed by atoms with Crippen LogP contribution in [0.5, 0.6) is 0 Å². The lowest BCUT2D eigenvalue weighted by Gasteiger charge is -2.34.